The molecular weight excluding hydrogens is 741 g/mol. The van der Waals surface area contributed by atoms with Crippen molar-refractivity contribution in [3.8, 4) is 5.88 Å². The number of aromatic nitrogens is 3. The Morgan fingerprint density at radius 1 is 1.11 bits per heavy atom. The zero-order chi connectivity index (χ0) is 39.3. The highest BCUT2D eigenvalue weighted by Gasteiger charge is 2.63. The molecule has 2 saturated carbocycles. The summed E-state index contributed by atoms with van der Waals surface area (Å²) in [5.41, 5.74) is -1.90. The Kier molecular flexibility index (Phi) is 9.92. The molecule has 15 nitrogen and oxygen atoms in total. The molecule has 0 unspecified atom stereocenters. The Bertz CT molecular complexity index is 2170. The van der Waals surface area contributed by atoms with E-state index < -0.39 is 85.5 Å². The highest BCUT2D eigenvalue weighted by Crippen LogP contribution is 2.47. The van der Waals surface area contributed by atoms with Gasteiger partial charge in [-0.3, -0.25) is 23.9 Å². The molecule has 4 amide bonds. The molecule has 4 aliphatic rings. The molecule has 3 fully saturated rings. The average Bonchev–Trinajstić information content (AvgIpc) is 3.93. The van der Waals surface area contributed by atoms with E-state index >= 15 is 0 Å². The minimum atomic E-state index is -4.06. The molecule has 4 heterocycles. The maximum Gasteiger partial charge on any atom is 0.292 e. The standard InChI is InChI=1S/C37H43F2N7O8S/c1-21-17-27(44-54-21)30(47)41-26-14-8-6-4-5-7-11-22-19-37(22,34(50)45-55(51,52)35(2)15-16-35)43-31(48)28-18-23(20-46(28)33(26)49)53-32-29(36(3,38)39)40-24-12-9-10-13-25(24)42-32/h7,9-13,17,22-23,26,28H,4-6,8,14-16,18-20H2,1-3H3,(H,41,47)(H,43,48)(H,45,50)/t22-,23-,26+,28+,37-/m1/s1. The molecule has 2 aliphatic heterocycles. The van der Waals surface area contributed by atoms with Gasteiger partial charge in [-0.1, -0.05) is 42.3 Å². The number of nitrogens with zero attached hydrogens (tertiary/aromatic N) is 4. The number of hydrogen-bond acceptors (Lipinski definition) is 11. The number of ether oxygens (including phenoxy) is 1. The third kappa shape index (κ3) is 7.77. The van der Waals surface area contributed by atoms with Gasteiger partial charge >= 0.3 is 0 Å². The normalized spacial score (nSPS) is 26.9. The van der Waals surface area contributed by atoms with E-state index in [4.69, 9.17) is 9.26 Å². The van der Waals surface area contributed by atoms with Crippen LogP contribution in [0.4, 0.5) is 8.78 Å². The number of carbonyl (C=O) groups is 4. The number of benzene rings is 1. The van der Waals surface area contributed by atoms with Gasteiger partial charge in [-0.05, 0) is 64.5 Å². The van der Waals surface area contributed by atoms with E-state index in [1.54, 1.807) is 38.1 Å². The number of rotatable bonds is 8. The Labute approximate surface area is 316 Å². The zero-order valence-corrected chi connectivity index (χ0v) is 31.5. The topological polar surface area (TPSA) is 203 Å². The van der Waals surface area contributed by atoms with Crippen LogP contribution >= 0.6 is 0 Å². The highest BCUT2D eigenvalue weighted by atomic mass is 32.2. The third-order valence-electron chi connectivity index (χ3n) is 10.9. The van der Waals surface area contributed by atoms with E-state index in [1.165, 1.54) is 17.0 Å². The van der Waals surface area contributed by atoms with E-state index in [-0.39, 0.29) is 42.5 Å². The van der Waals surface area contributed by atoms with E-state index in [0.29, 0.717) is 44.8 Å². The second-order valence-electron chi connectivity index (χ2n) is 15.3. The fraction of sp³-hybridized carbons (Fsp3) is 0.541. The number of sulfonamides is 1. The largest absolute Gasteiger partial charge is 0.471 e. The lowest BCUT2D eigenvalue weighted by Crippen LogP contribution is -2.58. The summed E-state index contributed by atoms with van der Waals surface area (Å²) in [6.07, 6.45) is 6.07. The maximum absolute atomic E-state index is 14.9. The summed E-state index contributed by atoms with van der Waals surface area (Å²) in [6.45, 7) is 3.54. The van der Waals surface area contributed by atoms with E-state index in [1.807, 2.05) is 6.08 Å². The number of hydrogen-bond donors (Lipinski definition) is 3. The molecule has 7 rings (SSSR count). The average molecular weight is 784 g/mol. The summed E-state index contributed by atoms with van der Waals surface area (Å²) in [5.74, 6) is -7.07. The van der Waals surface area contributed by atoms with E-state index in [2.05, 4.69) is 30.5 Å². The highest BCUT2D eigenvalue weighted by molar-refractivity contribution is 7.91. The smallest absolute Gasteiger partial charge is 0.292 e. The van der Waals surface area contributed by atoms with Crippen molar-refractivity contribution in [2.75, 3.05) is 6.54 Å². The van der Waals surface area contributed by atoms with Gasteiger partial charge in [-0.2, -0.15) is 8.78 Å². The number of allylic oxidation sites excluding steroid dienone is 1. The SMILES string of the molecule is Cc1cc(C(=O)N[C@H]2CCCCCC=C[C@@H]3C[C@@]3(C(=O)NS(=O)(=O)C3(C)CC3)NC(=O)[C@@H]3C[C@@H](Oc4nc5ccccc5nc4C(C)(F)F)CN3C2=O)no1. The Morgan fingerprint density at radius 3 is 2.51 bits per heavy atom. The van der Waals surface area contributed by atoms with Crippen molar-refractivity contribution in [1.29, 1.82) is 0 Å². The lowest BCUT2D eigenvalue weighted by molar-refractivity contribution is -0.141. The first-order valence-corrected chi connectivity index (χ1v) is 19.9. The summed E-state index contributed by atoms with van der Waals surface area (Å²) in [7, 11) is -4.06. The maximum atomic E-state index is 14.9. The van der Waals surface area contributed by atoms with Gasteiger partial charge in [0.1, 0.15) is 29.5 Å². The summed E-state index contributed by atoms with van der Waals surface area (Å²) in [6, 6.07) is 5.39. The van der Waals surface area contributed by atoms with Crippen LogP contribution in [0.2, 0.25) is 0 Å². The molecular formula is C37H43F2N7O8S. The minimum Gasteiger partial charge on any atom is -0.471 e. The van der Waals surface area contributed by atoms with E-state index in [9.17, 15) is 36.4 Å². The lowest BCUT2D eigenvalue weighted by atomic mass is 10.0. The predicted molar refractivity (Wildman–Crippen MR) is 192 cm³/mol. The van der Waals surface area contributed by atoms with Crippen molar-refractivity contribution >= 4 is 44.7 Å². The van der Waals surface area contributed by atoms with Crippen LogP contribution in [0.3, 0.4) is 0 Å². The Balaban J connectivity index is 1.22. The van der Waals surface area contributed by atoms with Gasteiger partial charge in [0.15, 0.2) is 11.4 Å². The van der Waals surface area contributed by atoms with Gasteiger partial charge in [0.25, 0.3) is 17.7 Å². The lowest BCUT2D eigenvalue weighted by Gasteiger charge is -2.30. The molecule has 3 aromatic rings. The fourth-order valence-electron chi connectivity index (χ4n) is 7.16. The van der Waals surface area contributed by atoms with Crippen LogP contribution in [0.1, 0.15) is 93.6 Å². The van der Waals surface area contributed by atoms with Crippen LogP contribution in [0.15, 0.2) is 47.0 Å². The van der Waals surface area contributed by atoms with Crippen LogP contribution in [-0.4, -0.2) is 87.1 Å². The monoisotopic (exact) mass is 783 g/mol. The molecule has 2 aliphatic carbocycles. The Hall–Kier alpha value is -5.00. The van der Waals surface area contributed by atoms with Crippen molar-refractivity contribution in [2.45, 2.75) is 113 Å². The van der Waals surface area contributed by atoms with Gasteiger partial charge in [0.2, 0.25) is 27.7 Å². The minimum absolute atomic E-state index is 0.0473. The van der Waals surface area contributed by atoms with Gasteiger partial charge in [-0.25, -0.2) is 18.4 Å². The third-order valence-corrected chi connectivity index (χ3v) is 13.0. The number of alkyl halides is 2. The van der Waals surface area contributed by atoms with Crippen molar-refractivity contribution in [2.24, 2.45) is 5.92 Å². The first-order valence-electron chi connectivity index (χ1n) is 18.4. The molecule has 1 saturated heterocycles. The number of carbonyl (C=O) groups excluding carboxylic acids is 4. The van der Waals surface area contributed by atoms with Gasteiger partial charge < -0.3 is 24.8 Å². The van der Waals surface area contributed by atoms with Crippen LogP contribution in [0, 0.1) is 12.8 Å². The van der Waals surface area contributed by atoms with Crippen LogP contribution < -0.4 is 20.1 Å². The number of para-hydroxylation sites is 2. The quantitative estimate of drug-likeness (QED) is 0.282. The number of halogens is 2. The molecule has 0 spiro atoms. The number of amides is 4. The zero-order valence-electron chi connectivity index (χ0n) is 30.6. The van der Waals surface area contributed by atoms with Crippen molar-refractivity contribution in [1.82, 2.24) is 35.4 Å². The van der Waals surface area contributed by atoms with Crippen molar-refractivity contribution < 1.29 is 45.6 Å². The van der Waals surface area contributed by atoms with Crippen molar-refractivity contribution in [3.05, 3.63) is 59.6 Å². The molecule has 18 heteroatoms. The van der Waals surface area contributed by atoms with Crippen LogP contribution in [0.25, 0.3) is 11.0 Å². The summed E-state index contributed by atoms with van der Waals surface area (Å²) in [5, 5.41) is 9.26. The number of aryl methyl sites for hydroxylation is 1. The summed E-state index contributed by atoms with van der Waals surface area (Å²) >= 11 is 0. The predicted octanol–water partition coefficient (Wildman–Crippen LogP) is 3.58. The number of nitrogens with one attached hydrogen (secondary N) is 3. The van der Waals surface area contributed by atoms with Gasteiger partial charge in [-0.15, -0.1) is 0 Å². The van der Waals surface area contributed by atoms with Crippen molar-refractivity contribution in [3.63, 3.8) is 0 Å². The molecule has 3 N–H and O–H groups in total. The number of fused-ring (bicyclic) bond motifs is 3. The van der Waals surface area contributed by atoms with Crippen LogP contribution in [-0.2, 0) is 30.3 Å². The molecule has 1 aromatic carbocycles. The molecule has 0 radical (unpaired) electrons. The van der Waals surface area contributed by atoms with E-state index in [0.717, 1.165) is 6.42 Å². The summed E-state index contributed by atoms with van der Waals surface area (Å²) < 4.78 is 68.3. The second kappa shape index (κ2) is 14.3. The second-order valence-corrected chi connectivity index (χ2v) is 17.5. The van der Waals surface area contributed by atoms with Crippen LogP contribution in [0.5, 0.6) is 5.88 Å². The first-order chi connectivity index (χ1) is 26.0. The molecule has 2 aromatic heterocycles. The first kappa shape index (κ1) is 38.3. The fourth-order valence-corrected chi connectivity index (χ4v) is 8.47. The van der Waals surface area contributed by atoms with Gasteiger partial charge in [0.05, 0.1) is 22.3 Å². The Morgan fingerprint density at radius 2 is 1.84 bits per heavy atom. The molecule has 5 atom stereocenters. The van der Waals surface area contributed by atoms with Gasteiger partial charge in [0, 0.05) is 25.3 Å². The summed E-state index contributed by atoms with van der Waals surface area (Å²) in [4.78, 5) is 65.6. The molecule has 0 bridgehead atoms. The molecule has 294 valence electrons. The molecule has 55 heavy (non-hydrogen) atoms.